The van der Waals surface area contributed by atoms with Crippen LogP contribution in [-0.2, 0) is 4.79 Å². The Morgan fingerprint density at radius 3 is 1.90 bits per heavy atom. The quantitative estimate of drug-likeness (QED) is 0.364. The molecule has 1 saturated carbocycles. The number of carbonyl (C=O) groups is 1. The van der Waals surface area contributed by atoms with Crippen LogP contribution < -0.4 is 0 Å². The number of rotatable bonds is 5. The molecule has 31 heavy (non-hydrogen) atoms. The summed E-state index contributed by atoms with van der Waals surface area (Å²) in [7, 11) is 0. The molecule has 1 aliphatic heterocycles. The lowest BCUT2D eigenvalue weighted by atomic mass is 9.86. The molecule has 0 unspecified atom stereocenters. The summed E-state index contributed by atoms with van der Waals surface area (Å²) >= 11 is 7.09. The van der Waals surface area contributed by atoms with E-state index in [0.29, 0.717) is 0 Å². The predicted octanol–water partition coefficient (Wildman–Crippen LogP) is 7.53. The maximum Gasteiger partial charge on any atom is 0.187 e. The fourth-order valence-electron chi connectivity index (χ4n) is 4.70. The lowest BCUT2D eigenvalue weighted by molar-refractivity contribution is -0.113. The van der Waals surface area contributed by atoms with Gasteiger partial charge in [-0.05, 0) is 66.4 Å². The highest BCUT2D eigenvalue weighted by atomic mass is 79.9. The van der Waals surface area contributed by atoms with Crippen molar-refractivity contribution in [3.8, 4) is 0 Å². The maximum atomic E-state index is 13.4. The molecule has 2 aromatic rings. The van der Waals surface area contributed by atoms with Crippen molar-refractivity contribution >= 4 is 49.8 Å². The van der Waals surface area contributed by atoms with Gasteiger partial charge in [-0.1, -0.05) is 88.2 Å². The van der Waals surface area contributed by atoms with Crippen LogP contribution in [0.1, 0.15) is 49.7 Å². The molecule has 0 amide bonds. The van der Waals surface area contributed by atoms with Crippen molar-refractivity contribution in [1.29, 1.82) is 0 Å². The van der Waals surface area contributed by atoms with Crippen LogP contribution >= 0.6 is 31.9 Å². The standard InChI is InChI=1S/C27H29Br2NO/c28-25-10-4-8-21(16-25)14-23-18-30(13-12-20-6-2-1-3-7-20)19-24(27(23)31)15-22-9-5-11-26(29)17-22/h4-5,8-11,14-17,20H,1-3,6-7,12-13,18-19H2/b23-14+,24-15+. The summed E-state index contributed by atoms with van der Waals surface area (Å²) in [5, 5.41) is 0. The first-order valence-corrected chi connectivity index (χ1v) is 12.8. The van der Waals surface area contributed by atoms with Gasteiger partial charge in [0.15, 0.2) is 5.78 Å². The third-order valence-corrected chi connectivity index (χ3v) is 7.32. The second-order valence-corrected chi connectivity index (χ2v) is 10.6. The fourth-order valence-corrected chi connectivity index (χ4v) is 5.54. The molecule has 0 spiro atoms. The Morgan fingerprint density at radius 1 is 0.839 bits per heavy atom. The zero-order valence-electron chi connectivity index (χ0n) is 17.8. The largest absolute Gasteiger partial charge is 0.295 e. The number of carbonyl (C=O) groups excluding carboxylic acids is 1. The Labute approximate surface area is 202 Å². The molecule has 4 rings (SSSR count). The minimum atomic E-state index is 0.175. The smallest absolute Gasteiger partial charge is 0.187 e. The van der Waals surface area contributed by atoms with Crippen LogP contribution in [0.5, 0.6) is 0 Å². The SMILES string of the molecule is O=C1/C(=C/c2cccc(Br)c2)CN(CCC2CCCCC2)C/C1=C\c1cccc(Br)c1. The van der Waals surface area contributed by atoms with Gasteiger partial charge in [-0.25, -0.2) is 0 Å². The van der Waals surface area contributed by atoms with Gasteiger partial charge in [0.2, 0.25) is 0 Å². The molecule has 2 fully saturated rings. The summed E-state index contributed by atoms with van der Waals surface area (Å²) in [6.45, 7) is 2.52. The van der Waals surface area contributed by atoms with Gasteiger partial charge < -0.3 is 0 Å². The number of benzene rings is 2. The van der Waals surface area contributed by atoms with Crippen LogP contribution in [0.2, 0.25) is 0 Å². The van der Waals surface area contributed by atoms with Crippen molar-refractivity contribution < 1.29 is 4.79 Å². The Morgan fingerprint density at radius 2 is 1.39 bits per heavy atom. The van der Waals surface area contributed by atoms with Gasteiger partial charge in [0.05, 0.1) is 0 Å². The summed E-state index contributed by atoms with van der Waals surface area (Å²) in [5.41, 5.74) is 3.89. The highest BCUT2D eigenvalue weighted by Crippen LogP contribution is 2.28. The van der Waals surface area contributed by atoms with Crippen LogP contribution in [0, 0.1) is 5.92 Å². The van der Waals surface area contributed by atoms with Gasteiger partial charge in [-0.2, -0.15) is 0 Å². The Kier molecular flexibility index (Phi) is 7.97. The van der Waals surface area contributed by atoms with Crippen molar-refractivity contribution in [3.63, 3.8) is 0 Å². The summed E-state index contributed by atoms with van der Waals surface area (Å²) in [6, 6.07) is 16.3. The number of nitrogens with zero attached hydrogens (tertiary/aromatic N) is 1. The van der Waals surface area contributed by atoms with Gasteiger partial charge in [-0.15, -0.1) is 0 Å². The highest BCUT2D eigenvalue weighted by Gasteiger charge is 2.26. The molecule has 2 aromatic carbocycles. The average Bonchev–Trinajstić information content (AvgIpc) is 2.76. The van der Waals surface area contributed by atoms with Gasteiger partial charge in [0, 0.05) is 33.2 Å². The highest BCUT2D eigenvalue weighted by molar-refractivity contribution is 9.10. The molecule has 0 radical (unpaired) electrons. The Bertz CT molecular complexity index is 921. The second kappa shape index (κ2) is 10.9. The minimum Gasteiger partial charge on any atom is -0.295 e. The van der Waals surface area contributed by atoms with E-state index in [-0.39, 0.29) is 5.78 Å². The predicted molar refractivity (Wildman–Crippen MR) is 137 cm³/mol. The number of Topliss-reactive ketones (excluding diaryl/α,β-unsaturated/α-hetero) is 1. The Balaban J connectivity index is 1.58. The van der Waals surface area contributed by atoms with Crippen LogP contribution in [-0.4, -0.2) is 30.3 Å². The first-order valence-electron chi connectivity index (χ1n) is 11.3. The summed E-state index contributed by atoms with van der Waals surface area (Å²) < 4.78 is 2.06. The third kappa shape index (κ3) is 6.50. The van der Waals surface area contributed by atoms with E-state index >= 15 is 0 Å². The normalized spacial score (nSPS) is 21.2. The number of ketones is 1. The summed E-state index contributed by atoms with van der Waals surface area (Å²) in [5.74, 6) is 1.02. The number of hydrogen-bond donors (Lipinski definition) is 0. The zero-order valence-corrected chi connectivity index (χ0v) is 21.0. The van der Waals surface area contributed by atoms with Crippen LogP contribution in [0.3, 0.4) is 0 Å². The molecule has 1 saturated heterocycles. The van der Waals surface area contributed by atoms with E-state index in [9.17, 15) is 4.79 Å². The van der Waals surface area contributed by atoms with E-state index in [4.69, 9.17) is 0 Å². The molecule has 4 heteroatoms. The number of hydrogen-bond acceptors (Lipinski definition) is 2. The van der Waals surface area contributed by atoms with Crippen molar-refractivity contribution in [1.82, 2.24) is 4.90 Å². The molecule has 0 bridgehead atoms. The lowest BCUT2D eigenvalue weighted by Crippen LogP contribution is -2.38. The molecule has 162 valence electrons. The van der Waals surface area contributed by atoms with Gasteiger partial charge in [0.25, 0.3) is 0 Å². The number of piperidine rings is 1. The molecule has 2 aliphatic rings. The molecule has 0 N–H and O–H groups in total. The summed E-state index contributed by atoms with van der Waals surface area (Å²) in [6.07, 6.45) is 12.3. The van der Waals surface area contributed by atoms with E-state index in [2.05, 4.69) is 73.2 Å². The third-order valence-electron chi connectivity index (χ3n) is 6.33. The zero-order chi connectivity index (χ0) is 21.6. The molecule has 1 heterocycles. The van der Waals surface area contributed by atoms with Crippen molar-refractivity contribution in [2.45, 2.75) is 38.5 Å². The van der Waals surface area contributed by atoms with Gasteiger partial charge in [-0.3, -0.25) is 9.69 Å². The van der Waals surface area contributed by atoms with E-state index in [0.717, 1.165) is 56.8 Å². The average molecular weight is 543 g/mol. The van der Waals surface area contributed by atoms with Crippen molar-refractivity contribution in [2.24, 2.45) is 5.92 Å². The molecular weight excluding hydrogens is 514 g/mol. The first-order chi connectivity index (χ1) is 15.1. The van der Waals surface area contributed by atoms with E-state index < -0.39 is 0 Å². The second-order valence-electron chi connectivity index (χ2n) is 8.78. The molecule has 1 aliphatic carbocycles. The molecule has 2 nitrogen and oxygen atoms in total. The molecule has 0 atom stereocenters. The molecule has 0 aromatic heterocycles. The van der Waals surface area contributed by atoms with Crippen molar-refractivity contribution in [3.05, 3.63) is 79.7 Å². The van der Waals surface area contributed by atoms with Crippen LogP contribution in [0.4, 0.5) is 0 Å². The fraction of sp³-hybridized carbons (Fsp3) is 0.370. The maximum absolute atomic E-state index is 13.4. The summed E-state index contributed by atoms with van der Waals surface area (Å²) in [4.78, 5) is 15.8. The topological polar surface area (TPSA) is 20.3 Å². The van der Waals surface area contributed by atoms with E-state index in [1.54, 1.807) is 0 Å². The minimum absolute atomic E-state index is 0.175. The van der Waals surface area contributed by atoms with E-state index in [1.807, 2.05) is 24.3 Å². The Hall–Kier alpha value is -1.49. The van der Waals surface area contributed by atoms with Crippen molar-refractivity contribution in [2.75, 3.05) is 19.6 Å². The number of likely N-dealkylation sites (tertiary alicyclic amines) is 1. The van der Waals surface area contributed by atoms with Gasteiger partial charge in [0.1, 0.15) is 0 Å². The number of halogens is 2. The first kappa shape index (κ1) is 22.7. The van der Waals surface area contributed by atoms with E-state index in [1.165, 1.54) is 38.5 Å². The lowest BCUT2D eigenvalue weighted by Gasteiger charge is -2.32. The van der Waals surface area contributed by atoms with Gasteiger partial charge >= 0.3 is 0 Å². The van der Waals surface area contributed by atoms with Crippen LogP contribution in [0.15, 0.2) is 68.6 Å². The van der Waals surface area contributed by atoms with Crippen LogP contribution in [0.25, 0.3) is 12.2 Å². The monoisotopic (exact) mass is 541 g/mol. The molecular formula is C27H29Br2NO.